The zero-order chi connectivity index (χ0) is 13.1. The van der Waals surface area contributed by atoms with Gasteiger partial charge in [-0.15, -0.1) is 0 Å². The first kappa shape index (κ1) is 12.4. The van der Waals surface area contributed by atoms with Gasteiger partial charge in [-0.1, -0.05) is 19.1 Å². The third-order valence-corrected chi connectivity index (χ3v) is 3.30. The highest BCUT2D eigenvalue weighted by Gasteiger charge is 2.22. The van der Waals surface area contributed by atoms with E-state index < -0.39 is 0 Å². The van der Waals surface area contributed by atoms with Crippen molar-refractivity contribution in [3.05, 3.63) is 48.3 Å². The Bertz CT molecular complexity index is 507. The molecule has 1 saturated heterocycles. The molecule has 19 heavy (non-hydrogen) atoms. The van der Waals surface area contributed by atoms with Crippen molar-refractivity contribution >= 4 is 0 Å². The zero-order valence-electron chi connectivity index (χ0n) is 11.0. The minimum Gasteiger partial charge on any atom is -0.352 e. The molecule has 1 aromatic heterocycles. The molecule has 0 bridgehead atoms. The van der Waals surface area contributed by atoms with E-state index in [9.17, 15) is 0 Å². The maximum absolute atomic E-state index is 5.75. The number of hydrogen-bond acceptors (Lipinski definition) is 3. The summed E-state index contributed by atoms with van der Waals surface area (Å²) in [6.07, 6.45) is 4.65. The summed E-state index contributed by atoms with van der Waals surface area (Å²) in [6, 6.07) is 10.1. The van der Waals surface area contributed by atoms with E-state index in [1.807, 2.05) is 29.1 Å². The van der Waals surface area contributed by atoms with Gasteiger partial charge in [0.05, 0.1) is 18.9 Å². The van der Waals surface area contributed by atoms with E-state index >= 15 is 0 Å². The molecule has 0 spiro atoms. The van der Waals surface area contributed by atoms with E-state index in [-0.39, 0.29) is 6.29 Å². The highest BCUT2D eigenvalue weighted by atomic mass is 16.7. The summed E-state index contributed by atoms with van der Waals surface area (Å²) < 4.78 is 13.1. The van der Waals surface area contributed by atoms with Gasteiger partial charge in [0.1, 0.15) is 0 Å². The highest BCUT2D eigenvalue weighted by Crippen LogP contribution is 2.21. The fourth-order valence-electron chi connectivity index (χ4n) is 2.21. The number of nitrogens with zero attached hydrogens (tertiary/aromatic N) is 2. The number of benzene rings is 1. The zero-order valence-corrected chi connectivity index (χ0v) is 11.0. The van der Waals surface area contributed by atoms with E-state index in [0.717, 1.165) is 24.3 Å². The SMILES string of the molecule is C[C@H]1COC(OCc2ccc(-n3cccn3)cc2)C1. The number of ether oxygens (including phenoxy) is 2. The summed E-state index contributed by atoms with van der Waals surface area (Å²) in [5, 5.41) is 4.20. The Morgan fingerprint density at radius 3 is 2.84 bits per heavy atom. The monoisotopic (exact) mass is 258 g/mol. The van der Waals surface area contributed by atoms with Crippen LogP contribution < -0.4 is 0 Å². The first-order valence-electron chi connectivity index (χ1n) is 6.63. The van der Waals surface area contributed by atoms with Crippen LogP contribution in [0.3, 0.4) is 0 Å². The van der Waals surface area contributed by atoms with Crippen molar-refractivity contribution in [1.29, 1.82) is 0 Å². The molecule has 1 aliphatic heterocycles. The molecule has 1 unspecified atom stereocenters. The molecule has 4 heteroatoms. The Balaban J connectivity index is 1.57. The predicted octanol–water partition coefficient (Wildman–Crippen LogP) is 2.77. The largest absolute Gasteiger partial charge is 0.352 e. The Kier molecular flexibility index (Phi) is 3.62. The van der Waals surface area contributed by atoms with Crippen LogP contribution in [0.25, 0.3) is 5.69 Å². The van der Waals surface area contributed by atoms with Gasteiger partial charge < -0.3 is 9.47 Å². The first-order valence-corrected chi connectivity index (χ1v) is 6.63. The molecule has 1 aliphatic rings. The second-order valence-electron chi connectivity index (χ2n) is 5.03. The van der Waals surface area contributed by atoms with E-state index in [1.165, 1.54) is 0 Å². The van der Waals surface area contributed by atoms with Gasteiger partial charge in [-0.3, -0.25) is 0 Å². The average molecular weight is 258 g/mol. The summed E-state index contributed by atoms with van der Waals surface area (Å²) in [5.74, 6) is 0.604. The molecule has 0 N–H and O–H groups in total. The molecule has 100 valence electrons. The maximum Gasteiger partial charge on any atom is 0.158 e. The standard InChI is InChI=1S/C15H18N2O2/c1-12-9-15(18-10-12)19-11-13-3-5-14(6-4-13)17-8-2-7-16-17/h2-8,12,15H,9-11H2,1H3/t12-,15?/m1/s1. The normalized spacial score (nSPS) is 22.8. The summed E-state index contributed by atoms with van der Waals surface area (Å²) in [5.41, 5.74) is 2.21. The van der Waals surface area contributed by atoms with Gasteiger partial charge in [0, 0.05) is 18.8 Å². The van der Waals surface area contributed by atoms with Crippen molar-refractivity contribution in [2.75, 3.05) is 6.61 Å². The van der Waals surface area contributed by atoms with Crippen LogP contribution in [0.15, 0.2) is 42.7 Å². The van der Waals surface area contributed by atoms with Gasteiger partial charge in [-0.25, -0.2) is 4.68 Å². The summed E-state index contributed by atoms with van der Waals surface area (Å²) in [4.78, 5) is 0. The van der Waals surface area contributed by atoms with Crippen LogP contribution in [0, 0.1) is 5.92 Å². The van der Waals surface area contributed by atoms with Crippen molar-refractivity contribution in [2.45, 2.75) is 26.2 Å². The van der Waals surface area contributed by atoms with E-state index in [0.29, 0.717) is 12.5 Å². The van der Waals surface area contributed by atoms with Crippen LogP contribution in [-0.4, -0.2) is 22.7 Å². The first-order chi connectivity index (χ1) is 9.31. The summed E-state index contributed by atoms with van der Waals surface area (Å²) >= 11 is 0. The Morgan fingerprint density at radius 2 is 2.21 bits per heavy atom. The molecule has 2 atom stereocenters. The van der Waals surface area contributed by atoms with Crippen molar-refractivity contribution in [1.82, 2.24) is 9.78 Å². The van der Waals surface area contributed by atoms with Crippen LogP contribution in [0.5, 0.6) is 0 Å². The number of aromatic nitrogens is 2. The lowest BCUT2D eigenvalue weighted by Gasteiger charge is -2.11. The maximum atomic E-state index is 5.75. The second kappa shape index (κ2) is 5.55. The molecule has 2 heterocycles. The van der Waals surface area contributed by atoms with Crippen molar-refractivity contribution < 1.29 is 9.47 Å². The van der Waals surface area contributed by atoms with Crippen LogP contribution in [0.1, 0.15) is 18.9 Å². The smallest absolute Gasteiger partial charge is 0.158 e. The fourth-order valence-corrected chi connectivity index (χ4v) is 2.21. The minimum absolute atomic E-state index is 0.0409. The summed E-state index contributed by atoms with van der Waals surface area (Å²) in [7, 11) is 0. The van der Waals surface area contributed by atoms with E-state index in [4.69, 9.17) is 9.47 Å². The lowest BCUT2D eigenvalue weighted by atomic mass is 10.1. The molecular formula is C15H18N2O2. The number of rotatable bonds is 4. The topological polar surface area (TPSA) is 36.3 Å². The van der Waals surface area contributed by atoms with Crippen LogP contribution in [-0.2, 0) is 16.1 Å². The van der Waals surface area contributed by atoms with Gasteiger partial charge in [0.25, 0.3) is 0 Å². The second-order valence-corrected chi connectivity index (χ2v) is 5.03. The lowest BCUT2D eigenvalue weighted by Crippen LogP contribution is -2.10. The molecule has 0 radical (unpaired) electrons. The summed E-state index contributed by atoms with van der Waals surface area (Å²) in [6.45, 7) is 3.59. The van der Waals surface area contributed by atoms with E-state index in [1.54, 1.807) is 6.20 Å². The molecule has 3 rings (SSSR count). The van der Waals surface area contributed by atoms with Gasteiger partial charge in [-0.2, -0.15) is 5.10 Å². The van der Waals surface area contributed by atoms with Crippen molar-refractivity contribution in [3.63, 3.8) is 0 Å². The molecule has 0 amide bonds. The van der Waals surface area contributed by atoms with Gasteiger partial charge >= 0.3 is 0 Å². The molecule has 1 fully saturated rings. The predicted molar refractivity (Wildman–Crippen MR) is 71.9 cm³/mol. The van der Waals surface area contributed by atoms with Crippen molar-refractivity contribution in [2.24, 2.45) is 5.92 Å². The number of hydrogen-bond donors (Lipinski definition) is 0. The third-order valence-electron chi connectivity index (χ3n) is 3.30. The lowest BCUT2D eigenvalue weighted by molar-refractivity contribution is -0.118. The third kappa shape index (κ3) is 3.03. The Morgan fingerprint density at radius 1 is 1.37 bits per heavy atom. The van der Waals surface area contributed by atoms with Gasteiger partial charge in [0.2, 0.25) is 0 Å². The van der Waals surface area contributed by atoms with Crippen molar-refractivity contribution in [3.8, 4) is 5.69 Å². The van der Waals surface area contributed by atoms with E-state index in [2.05, 4.69) is 24.2 Å². The highest BCUT2D eigenvalue weighted by molar-refractivity contribution is 5.33. The van der Waals surface area contributed by atoms with Crippen LogP contribution in [0.4, 0.5) is 0 Å². The molecule has 4 nitrogen and oxygen atoms in total. The van der Waals surface area contributed by atoms with Crippen LogP contribution >= 0.6 is 0 Å². The van der Waals surface area contributed by atoms with Gasteiger partial charge in [0.15, 0.2) is 6.29 Å². The molecule has 2 aromatic rings. The van der Waals surface area contributed by atoms with Crippen LogP contribution in [0.2, 0.25) is 0 Å². The Hall–Kier alpha value is -1.65. The molecule has 0 aliphatic carbocycles. The van der Waals surface area contributed by atoms with Gasteiger partial charge in [-0.05, 0) is 29.7 Å². The molecule has 0 saturated carbocycles. The fraction of sp³-hybridized carbons (Fsp3) is 0.400. The minimum atomic E-state index is -0.0409. The molecule has 1 aromatic carbocycles. The average Bonchev–Trinajstić information content (AvgIpc) is 3.08. The quantitative estimate of drug-likeness (QED) is 0.846. The Labute approximate surface area is 113 Å². The molecular weight excluding hydrogens is 240 g/mol.